The SMILES string of the molecule is CCCCN(Cc1ccccc1)c1ncc(NS(=O)(=O)c2ccc(C(C)=O)cc2)cc1C(=O)O.O=C(O)C(F)(F)F. The van der Waals surface area contributed by atoms with E-state index in [-0.39, 0.29) is 27.7 Å². The van der Waals surface area contributed by atoms with Gasteiger partial charge in [0.25, 0.3) is 10.0 Å². The summed E-state index contributed by atoms with van der Waals surface area (Å²) < 4.78 is 59.7. The van der Waals surface area contributed by atoms with Crippen LogP contribution in [0.25, 0.3) is 0 Å². The molecule has 3 N–H and O–H groups in total. The number of hydrogen-bond donors (Lipinski definition) is 3. The highest BCUT2D eigenvalue weighted by atomic mass is 32.2. The van der Waals surface area contributed by atoms with Crippen LogP contribution in [0.2, 0.25) is 0 Å². The van der Waals surface area contributed by atoms with Gasteiger partial charge in [-0.15, -0.1) is 0 Å². The second-order valence-electron chi connectivity index (χ2n) is 8.65. The topological polar surface area (TPSA) is 154 Å². The highest BCUT2D eigenvalue weighted by Crippen LogP contribution is 2.25. The van der Waals surface area contributed by atoms with E-state index in [2.05, 4.69) is 9.71 Å². The minimum absolute atomic E-state index is 0.0342. The fourth-order valence-electron chi connectivity index (χ4n) is 3.42. The molecule has 2 aromatic carbocycles. The zero-order chi connectivity index (χ0) is 30.8. The van der Waals surface area contributed by atoms with Gasteiger partial charge in [-0.3, -0.25) is 9.52 Å². The Morgan fingerprint density at radius 1 is 1.00 bits per heavy atom. The van der Waals surface area contributed by atoms with Crippen molar-refractivity contribution in [2.75, 3.05) is 16.2 Å². The van der Waals surface area contributed by atoms with Gasteiger partial charge in [-0.25, -0.2) is 23.0 Å². The summed E-state index contributed by atoms with van der Waals surface area (Å²) in [5.74, 6) is -3.86. The molecule has 0 aliphatic rings. The maximum atomic E-state index is 12.8. The molecule has 0 amide bonds. The second kappa shape index (κ2) is 14.3. The molecular formula is C27H28F3N3O7S. The lowest BCUT2D eigenvalue weighted by Gasteiger charge is -2.25. The number of carboxylic acids is 2. The summed E-state index contributed by atoms with van der Waals surface area (Å²) in [5, 5.41) is 17.0. The molecule has 0 unspecified atom stereocenters. The molecule has 0 fully saturated rings. The van der Waals surface area contributed by atoms with Gasteiger partial charge in [-0.05, 0) is 37.1 Å². The maximum absolute atomic E-state index is 12.8. The monoisotopic (exact) mass is 595 g/mol. The number of carbonyl (C=O) groups excluding carboxylic acids is 1. The molecule has 1 aromatic heterocycles. The summed E-state index contributed by atoms with van der Waals surface area (Å²) in [7, 11) is -4.00. The van der Waals surface area contributed by atoms with Crippen LogP contribution in [0.15, 0.2) is 71.8 Å². The van der Waals surface area contributed by atoms with E-state index in [4.69, 9.17) is 9.90 Å². The standard InChI is InChI=1S/C25H27N3O5S.C2HF3O2/c1-3-4-14-28(17-19-8-6-5-7-9-19)24-23(25(30)31)15-21(16-26-24)27-34(32,33)22-12-10-20(11-13-22)18(2)29;3-2(4,5)1(6)7/h5-13,15-16,27H,3-4,14,17H2,1-2H3,(H,30,31);(H,6,7). The number of sulfonamides is 1. The number of pyridine rings is 1. The molecule has 0 aliphatic heterocycles. The molecule has 10 nitrogen and oxygen atoms in total. The first-order valence-electron chi connectivity index (χ1n) is 12.1. The van der Waals surface area contributed by atoms with E-state index in [9.17, 15) is 36.3 Å². The highest BCUT2D eigenvalue weighted by Gasteiger charge is 2.38. The zero-order valence-electron chi connectivity index (χ0n) is 22.1. The summed E-state index contributed by atoms with van der Waals surface area (Å²) >= 11 is 0. The van der Waals surface area contributed by atoms with Gasteiger partial charge in [0.1, 0.15) is 11.4 Å². The van der Waals surface area contributed by atoms with Crippen LogP contribution >= 0.6 is 0 Å². The van der Waals surface area contributed by atoms with E-state index in [1.54, 1.807) is 0 Å². The molecule has 0 spiro atoms. The van der Waals surface area contributed by atoms with Crippen LogP contribution in [0.4, 0.5) is 24.7 Å². The molecule has 1 heterocycles. The first kappa shape index (κ1) is 32.8. The number of rotatable bonds is 11. The Morgan fingerprint density at radius 3 is 2.07 bits per heavy atom. The van der Waals surface area contributed by atoms with Crippen molar-refractivity contribution in [3.8, 4) is 0 Å². The first-order valence-corrected chi connectivity index (χ1v) is 13.6. The minimum Gasteiger partial charge on any atom is -0.478 e. The molecule has 14 heteroatoms. The predicted octanol–water partition coefficient (Wildman–Crippen LogP) is 5.22. The fourth-order valence-corrected chi connectivity index (χ4v) is 4.45. The van der Waals surface area contributed by atoms with E-state index < -0.39 is 28.1 Å². The van der Waals surface area contributed by atoms with Gasteiger partial charge in [0.2, 0.25) is 0 Å². The van der Waals surface area contributed by atoms with Crippen LogP contribution in [-0.4, -0.2) is 54.1 Å². The molecule has 3 aromatic rings. The lowest BCUT2D eigenvalue weighted by atomic mass is 10.1. The summed E-state index contributed by atoms with van der Waals surface area (Å²) in [6, 6.07) is 16.4. The van der Waals surface area contributed by atoms with Crippen molar-refractivity contribution in [2.24, 2.45) is 0 Å². The van der Waals surface area contributed by atoms with Gasteiger partial charge in [-0.1, -0.05) is 55.8 Å². The number of Topliss-reactive ketones (excluding diaryl/α,β-unsaturated/α-hetero) is 1. The summed E-state index contributed by atoms with van der Waals surface area (Å²) in [6.45, 7) is 4.52. The summed E-state index contributed by atoms with van der Waals surface area (Å²) in [5.41, 5.74) is 1.34. The van der Waals surface area contributed by atoms with Crippen molar-refractivity contribution in [3.63, 3.8) is 0 Å². The number of alkyl halides is 3. The summed E-state index contributed by atoms with van der Waals surface area (Å²) in [6.07, 6.45) is -2.00. The highest BCUT2D eigenvalue weighted by molar-refractivity contribution is 7.92. The van der Waals surface area contributed by atoms with Gasteiger partial charge in [0, 0.05) is 18.7 Å². The van der Waals surface area contributed by atoms with E-state index in [0.717, 1.165) is 18.4 Å². The van der Waals surface area contributed by atoms with Crippen LogP contribution in [0.5, 0.6) is 0 Å². The number of anilines is 2. The predicted molar refractivity (Wildman–Crippen MR) is 145 cm³/mol. The number of nitrogens with one attached hydrogen (secondary N) is 1. The normalized spacial score (nSPS) is 11.1. The van der Waals surface area contributed by atoms with E-state index in [1.807, 2.05) is 42.2 Å². The molecule has 0 saturated heterocycles. The van der Waals surface area contributed by atoms with Crippen molar-refractivity contribution in [1.29, 1.82) is 0 Å². The lowest BCUT2D eigenvalue weighted by Crippen LogP contribution is -2.27. The van der Waals surface area contributed by atoms with Crippen LogP contribution in [0, 0.1) is 0 Å². The smallest absolute Gasteiger partial charge is 0.478 e. The Labute approximate surface area is 234 Å². The van der Waals surface area contributed by atoms with Gasteiger partial charge in [0.05, 0.1) is 16.8 Å². The van der Waals surface area contributed by atoms with Gasteiger partial charge >= 0.3 is 18.1 Å². The Morgan fingerprint density at radius 2 is 1.59 bits per heavy atom. The van der Waals surface area contributed by atoms with Crippen LogP contribution in [-0.2, 0) is 21.4 Å². The Hall–Kier alpha value is -4.46. The quantitative estimate of drug-likeness (QED) is 0.253. The number of carboxylic acid groups (broad SMARTS) is 2. The van der Waals surface area contributed by atoms with E-state index in [0.29, 0.717) is 18.7 Å². The van der Waals surface area contributed by atoms with Crippen molar-refractivity contribution in [1.82, 2.24) is 4.98 Å². The molecule has 3 rings (SSSR count). The molecular weight excluding hydrogens is 567 g/mol. The molecule has 41 heavy (non-hydrogen) atoms. The molecule has 0 saturated carbocycles. The summed E-state index contributed by atoms with van der Waals surface area (Å²) in [4.78, 5) is 38.6. The number of aromatic nitrogens is 1. The van der Waals surface area contributed by atoms with Gasteiger partial charge in [0.15, 0.2) is 5.78 Å². The Kier molecular flexibility index (Phi) is 11.4. The number of halogens is 3. The molecule has 0 atom stereocenters. The van der Waals surface area contributed by atoms with E-state index >= 15 is 0 Å². The zero-order valence-corrected chi connectivity index (χ0v) is 22.9. The number of hydrogen-bond acceptors (Lipinski definition) is 7. The molecule has 0 bridgehead atoms. The number of aliphatic carboxylic acids is 1. The Balaban J connectivity index is 0.000000745. The second-order valence-corrected chi connectivity index (χ2v) is 10.3. The van der Waals surface area contributed by atoms with Gasteiger partial charge < -0.3 is 15.1 Å². The number of aromatic carboxylic acids is 1. The maximum Gasteiger partial charge on any atom is 0.490 e. The fraction of sp³-hybridized carbons (Fsp3) is 0.259. The third kappa shape index (κ3) is 9.90. The Bertz CT molecular complexity index is 1460. The minimum atomic E-state index is -5.08. The molecule has 220 valence electrons. The van der Waals surface area contributed by atoms with Crippen molar-refractivity contribution >= 4 is 39.3 Å². The number of ketones is 1. The van der Waals surface area contributed by atoms with Crippen LogP contribution < -0.4 is 9.62 Å². The van der Waals surface area contributed by atoms with Crippen LogP contribution in [0.3, 0.4) is 0 Å². The number of unbranched alkanes of at least 4 members (excludes halogenated alkanes) is 1. The molecule has 0 aliphatic carbocycles. The largest absolute Gasteiger partial charge is 0.490 e. The third-order valence-corrected chi connectivity index (χ3v) is 6.86. The van der Waals surface area contributed by atoms with Crippen molar-refractivity contribution < 1.29 is 46.2 Å². The van der Waals surface area contributed by atoms with Gasteiger partial charge in [-0.2, -0.15) is 13.2 Å². The number of carbonyl (C=O) groups is 3. The molecule has 0 radical (unpaired) electrons. The van der Waals surface area contributed by atoms with E-state index in [1.165, 1.54) is 43.5 Å². The average Bonchev–Trinajstić information content (AvgIpc) is 2.91. The van der Waals surface area contributed by atoms with Crippen molar-refractivity contribution in [2.45, 2.75) is 44.3 Å². The lowest BCUT2D eigenvalue weighted by molar-refractivity contribution is -0.192. The average molecular weight is 596 g/mol. The van der Waals surface area contributed by atoms with Crippen molar-refractivity contribution in [3.05, 3.63) is 83.6 Å². The van der Waals surface area contributed by atoms with Crippen LogP contribution in [0.1, 0.15) is 53.0 Å². The number of benzene rings is 2. The third-order valence-electron chi connectivity index (χ3n) is 5.46. The number of nitrogens with zero attached hydrogens (tertiary/aromatic N) is 2. The first-order chi connectivity index (χ1) is 19.2.